The lowest BCUT2D eigenvalue weighted by molar-refractivity contribution is -0.118. The summed E-state index contributed by atoms with van der Waals surface area (Å²) in [5.41, 5.74) is 2.58. The van der Waals surface area contributed by atoms with E-state index in [1.54, 1.807) is 12.1 Å². The Morgan fingerprint density at radius 2 is 1.63 bits per heavy atom. The summed E-state index contributed by atoms with van der Waals surface area (Å²) >= 11 is 1.21. The Kier molecular flexibility index (Phi) is 8.06. The van der Waals surface area contributed by atoms with Crippen LogP contribution in [0, 0.1) is 6.92 Å². The molecule has 0 spiro atoms. The molecule has 0 fully saturated rings. The maximum atomic E-state index is 12.1. The topological polar surface area (TPSA) is 67.4 Å². The number of amides is 2. The van der Waals surface area contributed by atoms with Crippen molar-refractivity contribution in [1.29, 1.82) is 0 Å². The van der Waals surface area contributed by atoms with Crippen molar-refractivity contribution in [1.82, 2.24) is 5.32 Å². The van der Waals surface area contributed by atoms with E-state index in [0.717, 1.165) is 16.8 Å². The van der Waals surface area contributed by atoms with Gasteiger partial charge in [-0.3, -0.25) is 9.59 Å². The second kappa shape index (κ2) is 10.5. The summed E-state index contributed by atoms with van der Waals surface area (Å²) in [5, 5.41) is 5.47. The summed E-state index contributed by atoms with van der Waals surface area (Å²) in [5.74, 6) is -0.00739. The van der Waals surface area contributed by atoms with Crippen molar-refractivity contribution in [2.45, 2.75) is 20.1 Å². The van der Waals surface area contributed by atoms with Crippen molar-refractivity contribution in [2.24, 2.45) is 0 Å². The van der Waals surface area contributed by atoms with Crippen molar-refractivity contribution < 1.29 is 23.1 Å². The number of thioether (sulfide) groups is 1. The Morgan fingerprint density at radius 1 is 1.00 bits per heavy atom. The van der Waals surface area contributed by atoms with Gasteiger partial charge >= 0.3 is 6.61 Å². The van der Waals surface area contributed by atoms with E-state index in [1.165, 1.54) is 23.9 Å². The molecule has 0 aliphatic rings. The van der Waals surface area contributed by atoms with Crippen molar-refractivity contribution in [3.63, 3.8) is 0 Å². The molecule has 0 saturated heterocycles. The molecule has 0 bridgehead atoms. The third-order valence-electron chi connectivity index (χ3n) is 3.44. The van der Waals surface area contributed by atoms with Crippen LogP contribution in [0.3, 0.4) is 0 Å². The Balaban J connectivity index is 1.64. The molecule has 0 heterocycles. The second-order valence-electron chi connectivity index (χ2n) is 5.71. The molecular weight excluding hydrogens is 374 g/mol. The first-order chi connectivity index (χ1) is 12.9. The minimum absolute atomic E-state index is 0.0650. The zero-order valence-corrected chi connectivity index (χ0v) is 15.5. The monoisotopic (exact) mass is 394 g/mol. The maximum Gasteiger partial charge on any atom is 0.387 e. The molecule has 0 aromatic heterocycles. The van der Waals surface area contributed by atoms with E-state index < -0.39 is 6.61 Å². The molecule has 0 aliphatic carbocycles. The van der Waals surface area contributed by atoms with Gasteiger partial charge < -0.3 is 15.4 Å². The van der Waals surface area contributed by atoms with Gasteiger partial charge in [-0.05, 0) is 36.8 Å². The highest BCUT2D eigenvalue weighted by Gasteiger charge is 2.07. The minimum Gasteiger partial charge on any atom is -0.435 e. The van der Waals surface area contributed by atoms with E-state index in [1.807, 2.05) is 31.2 Å². The lowest BCUT2D eigenvalue weighted by Gasteiger charge is -2.08. The summed E-state index contributed by atoms with van der Waals surface area (Å²) in [6.45, 7) is -0.633. The fourth-order valence-electron chi connectivity index (χ4n) is 2.11. The van der Waals surface area contributed by atoms with Gasteiger partial charge in [0.25, 0.3) is 0 Å². The molecule has 5 nitrogen and oxygen atoms in total. The lowest BCUT2D eigenvalue weighted by Crippen LogP contribution is -2.25. The zero-order chi connectivity index (χ0) is 19.6. The zero-order valence-electron chi connectivity index (χ0n) is 14.7. The normalized spacial score (nSPS) is 10.5. The van der Waals surface area contributed by atoms with Crippen LogP contribution in [0.1, 0.15) is 11.1 Å². The van der Waals surface area contributed by atoms with Gasteiger partial charge in [0.15, 0.2) is 0 Å². The number of hydrogen-bond acceptors (Lipinski definition) is 4. The van der Waals surface area contributed by atoms with Crippen LogP contribution in [0.25, 0.3) is 0 Å². The first-order valence-electron chi connectivity index (χ1n) is 8.17. The van der Waals surface area contributed by atoms with Crippen LogP contribution in [0.2, 0.25) is 0 Å². The highest BCUT2D eigenvalue weighted by Crippen LogP contribution is 2.15. The van der Waals surface area contributed by atoms with Crippen LogP contribution in [-0.4, -0.2) is 29.9 Å². The van der Waals surface area contributed by atoms with E-state index in [2.05, 4.69) is 15.4 Å². The van der Waals surface area contributed by atoms with Gasteiger partial charge in [-0.15, -0.1) is 11.8 Å². The number of alkyl halides is 2. The van der Waals surface area contributed by atoms with Crippen molar-refractivity contribution >= 4 is 29.3 Å². The predicted octanol–water partition coefficient (Wildman–Crippen LogP) is 3.58. The summed E-state index contributed by atoms with van der Waals surface area (Å²) < 4.78 is 28.4. The van der Waals surface area contributed by atoms with Gasteiger partial charge in [-0.25, -0.2) is 0 Å². The lowest BCUT2D eigenvalue weighted by atomic mass is 10.2. The molecule has 2 N–H and O–H groups in total. The molecular formula is C19H20F2N2O3S. The third kappa shape index (κ3) is 8.08. The van der Waals surface area contributed by atoms with Crippen molar-refractivity contribution in [3.8, 4) is 5.75 Å². The smallest absolute Gasteiger partial charge is 0.387 e. The minimum atomic E-state index is -2.87. The number of carbonyl (C=O) groups excluding carboxylic acids is 2. The third-order valence-corrected chi connectivity index (χ3v) is 4.37. The number of hydrogen-bond donors (Lipinski definition) is 2. The van der Waals surface area contributed by atoms with Crippen LogP contribution < -0.4 is 15.4 Å². The molecule has 2 aromatic rings. The van der Waals surface area contributed by atoms with Crippen molar-refractivity contribution in [3.05, 3.63) is 59.7 Å². The first-order valence-corrected chi connectivity index (χ1v) is 9.32. The first kappa shape index (κ1) is 20.7. The quantitative estimate of drug-likeness (QED) is 0.682. The molecule has 27 heavy (non-hydrogen) atoms. The van der Waals surface area contributed by atoms with E-state index in [-0.39, 0.29) is 35.6 Å². The number of carbonyl (C=O) groups is 2. The highest BCUT2D eigenvalue weighted by molar-refractivity contribution is 8.00. The van der Waals surface area contributed by atoms with Crippen LogP contribution >= 0.6 is 11.8 Å². The number of anilines is 1. The number of benzene rings is 2. The molecule has 0 saturated carbocycles. The molecule has 0 unspecified atom stereocenters. The van der Waals surface area contributed by atoms with E-state index >= 15 is 0 Å². The van der Waals surface area contributed by atoms with Gasteiger partial charge in [0.05, 0.1) is 11.5 Å². The average Bonchev–Trinajstić information content (AvgIpc) is 2.62. The van der Waals surface area contributed by atoms with Crippen LogP contribution in [-0.2, 0) is 16.1 Å². The molecule has 144 valence electrons. The van der Waals surface area contributed by atoms with Gasteiger partial charge in [-0.1, -0.05) is 29.8 Å². The standard InChI is InChI=1S/C19H20F2N2O3S/c1-13-2-6-15(7-3-13)23-18(25)12-27-11-17(24)22-10-14-4-8-16(9-5-14)26-19(20)21/h2-9,19H,10-12H2,1H3,(H,22,24)(H,23,25). The van der Waals surface area contributed by atoms with Gasteiger partial charge in [0.2, 0.25) is 11.8 Å². The maximum absolute atomic E-state index is 12.1. The summed E-state index contributed by atoms with van der Waals surface area (Å²) in [7, 11) is 0. The van der Waals surface area contributed by atoms with Crippen molar-refractivity contribution in [2.75, 3.05) is 16.8 Å². The summed E-state index contributed by atoms with van der Waals surface area (Å²) in [4.78, 5) is 23.7. The number of aryl methyl sites for hydroxylation is 1. The Hall–Kier alpha value is -2.61. The van der Waals surface area contributed by atoms with Crippen LogP contribution in [0.4, 0.5) is 14.5 Å². The van der Waals surface area contributed by atoms with Gasteiger partial charge in [0.1, 0.15) is 5.75 Å². The molecule has 2 aromatic carbocycles. The Morgan fingerprint density at radius 3 is 2.26 bits per heavy atom. The predicted molar refractivity (Wildman–Crippen MR) is 102 cm³/mol. The number of rotatable bonds is 9. The molecule has 8 heteroatoms. The van der Waals surface area contributed by atoms with E-state index in [0.29, 0.717) is 0 Å². The van der Waals surface area contributed by atoms with Gasteiger partial charge in [-0.2, -0.15) is 8.78 Å². The average molecular weight is 394 g/mol. The Labute approximate surface area is 160 Å². The molecule has 0 atom stereocenters. The number of nitrogens with one attached hydrogen (secondary N) is 2. The molecule has 0 radical (unpaired) electrons. The number of ether oxygens (including phenoxy) is 1. The molecule has 0 aliphatic heterocycles. The summed E-state index contributed by atoms with van der Waals surface area (Å²) in [6.07, 6.45) is 0. The SMILES string of the molecule is Cc1ccc(NC(=O)CSCC(=O)NCc2ccc(OC(F)F)cc2)cc1. The van der Waals surface area contributed by atoms with Gasteiger partial charge in [0, 0.05) is 12.2 Å². The van der Waals surface area contributed by atoms with Crippen LogP contribution in [0.5, 0.6) is 5.75 Å². The Bertz CT molecular complexity index is 753. The summed E-state index contributed by atoms with van der Waals surface area (Å²) in [6, 6.07) is 13.5. The fraction of sp³-hybridized carbons (Fsp3) is 0.263. The van der Waals surface area contributed by atoms with E-state index in [4.69, 9.17) is 0 Å². The fourth-order valence-corrected chi connectivity index (χ4v) is 2.76. The highest BCUT2D eigenvalue weighted by atomic mass is 32.2. The molecule has 2 amide bonds. The number of halogens is 2. The largest absolute Gasteiger partial charge is 0.435 e. The van der Waals surface area contributed by atoms with Crippen LogP contribution in [0.15, 0.2) is 48.5 Å². The van der Waals surface area contributed by atoms with E-state index in [9.17, 15) is 18.4 Å². The molecule has 2 rings (SSSR count). The second-order valence-corrected chi connectivity index (χ2v) is 6.69.